The third-order valence-corrected chi connectivity index (χ3v) is 4.03. The lowest BCUT2D eigenvalue weighted by Crippen LogP contribution is -2.15. The fourth-order valence-electron chi connectivity index (χ4n) is 1.64. The third kappa shape index (κ3) is 3.93. The Morgan fingerprint density at radius 1 is 1.16 bits per heavy atom. The van der Waals surface area contributed by atoms with Gasteiger partial charge in [-0.3, -0.25) is 0 Å². The fraction of sp³-hybridized carbons (Fsp3) is 0.286. The van der Waals surface area contributed by atoms with E-state index < -0.39 is 0 Å². The van der Waals surface area contributed by atoms with Gasteiger partial charge in [0.2, 0.25) is 0 Å². The molecule has 19 heavy (non-hydrogen) atoms. The van der Waals surface area contributed by atoms with Crippen LogP contribution in [0, 0.1) is 0 Å². The normalized spacial score (nSPS) is 14.6. The Kier molecular flexibility index (Phi) is 4.01. The number of halogens is 1. The maximum Gasteiger partial charge on any atom is 0.192 e. The van der Waals surface area contributed by atoms with Crippen LogP contribution in [-0.4, -0.2) is 16.0 Å². The van der Waals surface area contributed by atoms with Gasteiger partial charge in [-0.15, -0.1) is 0 Å². The predicted molar refractivity (Wildman–Crippen MR) is 77.5 cm³/mol. The number of rotatable bonds is 5. The van der Waals surface area contributed by atoms with Crippen molar-refractivity contribution in [1.29, 1.82) is 0 Å². The van der Waals surface area contributed by atoms with E-state index in [-0.39, 0.29) is 0 Å². The minimum absolute atomic E-state index is 0.711. The first kappa shape index (κ1) is 12.9. The minimum atomic E-state index is 0.711. The Bertz CT molecular complexity index is 538. The van der Waals surface area contributed by atoms with Gasteiger partial charge in [-0.2, -0.15) is 0 Å². The second kappa shape index (κ2) is 5.90. The lowest BCUT2D eigenvalue weighted by atomic mass is 10.3. The van der Waals surface area contributed by atoms with E-state index in [1.54, 1.807) is 11.8 Å². The monoisotopic (exact) mass is 291 g/mol. The van der Waals surface area contributed by atoms with Crippen LogP contribution in [0.2, 0.25) is 5.02 Å². The van der Waals surface area contributed by atoms with E-state index in [0.717, 1.165) is 27.2 Å². The van der Waals surface area contributed by atoms with Gasteiger partial charge in [0.05, 0.1) is 0 Å². The molecule has 0 unspecified atom stereocenters. The number of nitrogens with zero attached hydrogens (tertiary/aromatic N) is 2. The summed E-state index contributed by atoms with van der Waals surface area (Å²) in [5, 5.41) is 4.95. The van der Waals surface area contributed by atoms with Crippen LogP contribution in [0.25, 0.3) is 0 Å². The van der Waals surface area contributed by atoms with Crippen LogP contribution in [0.1, 0.15) is 18.4 Å². The summed E-state index contributed by atoms with van der Waals surface area (Å²) in [7, 11) is 0. The van der Waals surface area contributed by atoms with Gasteiger partial charge in [0.25, 0.3) is 0 Å². The Hall–Kier alpha value is -1.10. The van der Waals surface area contributed by atoms with Crippen LogP contribution >= 0.6 is 23.4 Å². The summed E-state index contributed by atoms with van der Waals surface area (Å²) in [5.41, 5.74) is 1.13. The van der Waals surface area contributed by atoms with Crippen molar-refractivity contribution in [2.24, 2.45) is 0 Å². The molecule has 98 valence electrons. The van der Waals surface area contributed by atoms with E-state index in [1.807, 2.05) is 36.7 Å². The predicted octanol–water partition coefficient (Wildman–Crippen LogP) is 3.53. The zero-order valence-corrected chi connectivity index (χ0v) is 11.9. The SMILES string of the molecule is Clc1ccc(Sc2ncc(CNC3CC3)cn2)cc1. The summed E-state index contributed by atoms with van der Waals surface area (Å²) >= 11 is 7.39. The van der Waals surface area contributed by atoms with Crippen LogP contribution < -0.4 is 5.32 Å². The topological polar surface area (TPSA) is 37.8 Å². The molecule has 1 heterocycles. The molecule has 1 aliphatic rings. The van der Waals surface area contributed by atoms with Gasteiger partial charge in [0, 0.05) is 40.5 Å². The van der Waals surface area contributed by atoms with Crippen molar-refractivity contribution in [2.75, 3.05) is 0 Å². The zero-order chi connectivity index (χ0) is 13.1. The fourth-order valence-corrected chi connectivity index (χ4v) is 2.46. The third-order valence-electron chi connectivity index (χ3n) is 2.88. The van der Waals surface area contributed by atoms with E-state index in [4.69, 9.17) is 11.6 Å². The van der Waals surface area contributed by atoms with Gasteiger partial charge >= 0.3 is 0 Å². The summed E-state index contributed by atoms with van der Waals surface area (Å²) in [6.45, 7) is 0.858. The number of hydrogen-bond donors (Lipinski definition) is 1. The molecule has 2 aromatic rings. The van der Waals surface area contributed by atoms with Gasteiger partial charge in [-0.1, -0.05) is 11.6 Å². The molecule has 1 aromatic carbocycles. The second-order valence-corrected chi connectivity index (χ2v) is 6.06. The largest absolute Gasteiger partial charge is 0.310 e. The summed E-state index contributed by atoms with van der Waals surface area (Å²) in [4.78, 5) is 9.84. The molecule has 0 radical (unpaired) electrons. The minimum Gasteiger partial charge on any atom is -0.310 e. The van der Waals surface area contributed by atoms with Crippen LogP contribution in [-0.2, 0) is 6.54 Å². The maximum atomic E-state index is 5.85. The van der Waals surface area contributed by atoms with Crippen molar-refractivity contribution in [1.82, 2.24) is 15.3 Å². The van der Waals surface area contributed by atoms with Crippen LogP contribution in [0.4, 0.5) is 0 Å². The summed E-state index contributed by atoms with van der Waals surface area (Å²) < 4.78 is 0. The average Bonchev–Trinajstić information content (AvgIpc) is 3.25. The molecule has 0 bridgehead atoms. The van der Waals surface area contributed by atoms with E-state index in [1.165, 1.54) is 12.8 Å². The number of aromatic nitrogens is 2. The van der Waals surface area contributed by atoms with E-state index in [2.05, 4.69) is 15.3 Å². The Balaban J connectivity index is 1.59. The van der Waals surface area contributed by atoms with Crippen LogP contribution in [0.15, 0.2) is 46.7 Å². The summed E-state index contributed by atoms with van der Waals surface area (Å²) in [6, 6.07) is 8.40. The number of benzene rings is 1. The quantitative estimate of drug-likeness (QED) is 0.855. The molecule has 3 rings (SSSR count). The van der Waals surface area contributed by atoms with E-state index >= 15 is 0 Å². The molecule has 1 N–H and O–H groups in total. The molecule has 0 saturated heterocycles. The Labute approximate surface area is 121 Å². The van der Waals surface area contributed by atoms with Crippen molar-refractivity contribution < 1.29 is 0 Å². The highest BCUT2D eigenvalue weighted by Crippen LogP contribution is 2.25. The van der Waals surface area contributed by atoms with Crippen molar-refractivity contribution in [2.45, 2.75) is 35.5 Å². The van der Waals surface area contributed by atoms with Gasteiger partial charge in [-0.25, -0.2) is 9.97 Å². The van der Waals surface area contributed by atoms with Crippen LogP contribution in [0.3, 0.4) is 0 Å². The Morgan fingerprint density at radius 3 is 2.47 bits per heavy atom. The molecule has 1 saturated carbocycles. The molecule has 1 fully saturated rings. The average molecular weight is 292 g/mol. The highest BCUT2D eigenvalue weighted by atomic mass is 35.5. The lowest BCUT2D eigenvalue weighted by molar-refractivity contribution is 0.680. The Morgan fingerprint density at radius 2 is 1.84 bits per heavy atom. The first-order chi connectivity index (χ1) is 9.29. The second-order valence-electron chi connectivity index (χ2n) is 4.59. The standard InChI is InChI=1S/C14H14ClN3S/c15-11-1-5-13(6-2-11)19-14-17-8-10(9-18-14)7-16-12-3-4-12/h1-2,5-6,8-9,12,16H,3-4,7H2. The summed E-state index contributed by atoms with van der Waals surface area (Å²) in [6.07, 6.45) is 6.37. The molecular weight excluding hydrogens is 278 g/mol. The molecule has 5 heteroatoms. The molecule has 0 aliphatic heterocycles. The molecule has 0 atom stereocenters. The molecule has 0 spiro atoms. The maximum absolute atomic E-state index is 5.85. The molecular formula is C14H14ClN3S. The van der Waals surface area contributed by atoms with Crippen molar-refractivity contribution >= 4 is 23.4 Å². The molecule has 3 nitrogen and oxygen atoms in total. The van der Waals surface area contributed by atoms with E-state index in [0.29, 0.717) is 6.04 Å². The lowest BCUT2D eigenvalue weighted by Gasteiger charge is -2.03. The van der Waals surface area contributed by atoms with E-state index in [9.17, 15) is 0 Å². The molecule has 1 aromatic heterocycles. The van der Waals surface area contributed by atoms with Gasteiger partial charge < -0.3 is 5.32 Å². The number of hydrogen-bond acceptors (Lipinski definition) is 4. The van der Waals surface area contributed by atoms with Crippen molar-refractivity contribution in [3.05, 3.63) is 47.2 Å². The molecule has 0 amide bonds. The highest BCUT2D eigenvalue weighted by Gasteiger charge is 2.19. The zero-order valence-electron chi connectivity index (χ0n) is 10.3. The van der Waals surface area contributed by atoms with Gasteiger partial charge in [0.15, 0.2) is 5.16 Å². The molecule has 1 aliphatic carbocycles. The summed E-state index contributed by atoms with van der Waals surface area (Å²) in [5.74, 6) is 0. The smallest absolute Gasteiger partial charge is 0.192 e. The number of nitrogens with one attached hydrogen (secondary N) is 1. The van der Waals surface area contributed by atoms with Crippen molar-refractivity contribution in [3.63, 3.8) is 0 Å². The van der Waals surface area contributed by atoms with Crippen LogP contribution in [0.5, 0.6) is 0 Å². The van der Waals surface area contributed by atoms with Crippen molar-refractivity contribution in [3.8, 4) is 0 Å². The first-order valence-electron chi connectivity index (χ1n) is 6.27. The van der Waals surface area contributed by atoms with Gasteiger partial charge in [-0.05, 0) is 48.9 Å². The first-order valence-corrected chi connectivity index (χ1v) is 7.47. The van der Waals surface area contributed by atoms with Gasteiger partial charge in [0.1, 0.15) is 0 Å². The highest BCUT2D eigenvalue weighted by molar-refractivity contribution is 7.99.